The minimum absolute atomic E-state index is 0.115. The third-order valence-corrected chi connectivity index (χ3v) is 2.33. The smallest absolute Gasteiger partial charge is 0.412 e. The molecule has 0 bridgehead atoms. The van der Waals surface area contributed by atoms with Crippen LogP contribution in [0.15, 0.2) is 36.7 Å². The van der Waals surface area contributed by atoms with Crippen LogP contribution in [0.4, 0.5) is 10.3 Å². The van der Waals surface area contributed by atoms with Gasteiger partial charge in [-0.1, -0.05) is 17.1 Å². The summed E-state index contributed by atoms with van der Waals surface area (Å²) < 4.78 is 12.7. The van der Waals surface area contributed by atoms with Crippen LogP contribution in [0.5, 0.6) is 0 Å². The molecule has 0 radical (unpaired) electrons. The van der Waals surface area contributed by atoms with Gasteiger partial charge in [-0.3, -0.25) is 5.32 Å². The molecule has 0 amide bonds. The van der Waals surface area contributed by atoms with E-state index in [-0.39, 0.29) is 17.8 Å². The monoisotopic (exact) mass is 234 g/mol. The predicted molar refractivity (Wildman–Crippen MR) is 59.4 cm³/mol. The van der Waals surface area contributed by atoms with Crippen molar-refractivity contribution in [2.75, 3.05) is 5.32 Å². The van der Waals surface area contributed by atoms with Crippen molar-refractivity contribution in [3.63, 3.8) is 0 Å². The SMILES string of the molecule is C[C@@H](Nc1nccn[n+]1[O-])c1ccc(F)cc1. The van der Waals surface area contributed by atoms with Gasteiger partial charge in [0.05, 0.1) is 12.2 Å². The molecule has 0 fully saturated rings. The summed E-state index contributed by atoms with van der Waals surface area (Å²) in [5.74, 6) is -0.177. The quantitative estimate of drug-likeness (QED) is 0.644. The summed E-state index contributed by atoms with van der Waals surface area (Å²) in [6, 6.07) is 5.88. The van der Waals surface area contributed by atoms with E-state index in [1.807, 2.05) is 6.92 Å². The molecule has 0 unspecified atom stereocenters. The second-order valence-electron chi connectivity index (χ2n) is 3.56. The van der Waals surface area contributed by atoms with Crippen molar-refractivity contribution >= 4 is 5.95 Å². The van der Waals surface area contributed by atoms with Gasteiger partial charge in [-0.25, -0.2) is 4.39 Å². The molecule has 1 atom stereocenters. The fourth-order valence-electron chi connectivity index (χ4n) is 1.42. The van der Waals surface area contributed by atoms with Crippen LogP contribution < -0.4 is 10.2 Å². The number of nitrogens with zero attached hydrogens (tertiary/aromatic N) is 3. The maximum absolute atomic E-state index is 12.7. The van der Waals surface area contributed by atoms with Crippen molar-refractivity contribution in [2.45, 2.75) is 13.0 Å². The minimum atomic E-state index is -0.292. The van der Waals surface area contributed by atoms with E-state index in [0.717, 1.165) is 5.56 Å². The minimum Gasteiger partial charge on any atom is -0.722 e. The van der Waals surface area contributed by atoms with E-state index in [0.29, 0.717) is 4.85 Å². The molecule has 88 valence electrons. The van der Waals surface area contributed by atoms with E-state index in [2.05, 4.69) is 15.4 Å². The topological polar surface area (TPSA) is 64.8 Å². The van der Waals surface area contributed by atoms with Gasteiger partial charge in [0, 0.05) is 0 Å². The molecule has 2 rings (SSSR count). The maximum atomic E-state index is 12.7. The van der Waals surface area contributed by atoms with Gasteiger partial charge < -0.3 is 5.21 Å². The third kappa shape index (κ3) is 2.66. The molecule has 0 aliphatic heterocycles. The molecule has 0 aliphatic rings. The van der Waals surface area contributed by atoms with Gasteiger partial charge in [-0.15, -0.1) is 9.94 Å². The molecule has 17 heavy (non-hydrogen) atoms. The fourth-order valence-corrected chi connectivity index (χ4v) is 1.42. The molecule has 1 N–H and O–H groups in total. The molecule has 1 heterocycles. The van der Waals surface area contributed by atoms with Gasteiger partial charge in [-0.2, -0.15) is 0 Å². The Morgan fingerprint density at radius 1 is 1.29 bits per heavy atom. The molecule has 0 aliphatic carbocycles. The van der Waals surface area contributed by atoms with Gasteiger partial charge in [0.25, 0.3) is 0 Å². The second-order valence-corrected chi connectivity index (χ2v) is 3.56. The number of nitrogens with one attached hydrogen (secondary N) is 1. The van der Waals surface area contributed by atoms with Crippen LogP contribution in [0.3, 0.4) is 0 Å². The predicted octanol–water partition coefficient (Wildman–Crippen LogP) is 1.42. The van der Waals surface area contributed by atoms with Crippen LogP contribution in [0.2, 0.25) is 0 Å². The highest BCUT2D eigenvalue weighted by molar-refractivity contribution is 5.27. The third-order valence-electron chi connectivity index (χ3n) is 2.33. The maximum Gasteiger partial charge on any atom is 0.412 e. The number of aromatic nitrogens is 3. The molecule has 5 nitrogen and oxygen atoms in total. The van der Waals surface area contributed by atoms with Crippen LogP contribution in [0.25, 0.3) is 0 Å². The average molecular weight is 234 g/mol. The van der Waals surface area contributed by atoms with Crippen LogP contribution in [0, 0.1) is 11.0 Å². The summed E-state index contributed by atoms with van der Waals surface area (Å²) >= 11 is 0. The van der Waals surface area contributed by atoms with Gasteiger partial charge in [0.1, 0.15) is 12.0 Å². The lowest BCUT2D eigenvalue weighted by Gasteiger charge is -2.11. The second kappa shape index (κ2) is 4.73. The zero-order valence-electron chi connectivity index (χ0n) is 9.17. The first kappa shape index (κ1) is 11.3. The van der Waals surface area contributed by atoms with Crippen LogP contribution in [-0.2, 0) is 0 Å². The molecule has 0 saturated heterocycles. The van der Waals surface area contributed by atoms with E-state index in [1.54, 1.807) is 12.1 Å². The van der Waals surface area contributed by atoms with E-state index >= 15 is 0 Å². The number of hydrogen-bond donors (Lipinski definition) is 1. The van der Waals surface area contributed by atoms with Crippen LogP contribution in [-0.4, -0.2) is 10.1 Å². The first-order valence-electron chi connectivity index (χ1n) is 5.09. The van der Waals surface area contributed by atoms with Gasteiger partial charge in [-0.05, 0) is 24.6 Å². The number of benzene rings is 1. The summed E-state index contributed by atoms with van der Waals surface area (Å²) in [7, 11) is 0. The molecule has 1 aromatic carbocycles. The van der Waals surface area contributed by atoms with Crippen LogP contribution >= 0.6 is 0 Å². The number of hydrogen-bond acceptors (Lipinski definition) is 4. The summed E-state index contributed by atoms with van der Waals surface area (Å²) in [5.41, 5.74) is 0.858. The Morgan fingerprint density at radius 2 is 2.00 bits per heavy atom. The Hall–Kier alpha value is -2.24. The fraction of sp³-hybridized carbons (Fsp3) is 0.182. The van der Waals surface area contributed by atoms with E-state index in [4.69, 9.17) is 0 Å². The first-order chi connectivity index (χ1) is 8.16. The largest absolute Gasteiger partial charge is 0.722 e. The van der Waals surface area contributed by atoms with Crippen molar-refractivity contribution in [1.82, 2.24) is 10.1 Å². The highest BCUT2D eigenvalue weighted by atomic mass is 19.1. The van der Waals surface area contributed by atoms with Crippen molar-refractivity contribution in [3.05, 3.63) is 53.2 Å². The average Bonchev–Trinajstić information content (AvgIpc) is 2.33. The molecular formula is C11H11FN4O. The van der Waals surface area contributed by atoms with Crippen molar-refractivity contribution < 1.29 is 9.24 Å². The normalized spacial score (nSPS) is 12.1. The Bertz CT molecular complexity index is 503. The lowest BCUT2D eigenvalue weighted by molar-refractivity contribution is -0.657. The molecule has 0 spiro atoms. The lowest BCUT2D eigenvalue weighted by atomic mass is 10.1. The molecule has 2 aromatic rings. The Labute approximate surface area is 97.5 Å². The Balaban J connectivity index is 2.14. The summed E-state index contributed by atoms with van der Waals surface area (Å²) in [4.78, 5) is 4.27. The highest BCUT2D eigenvalue weighted by Gasteiger charge is 2.13. The molecular weight excluding hydrogens is 223 g/mol. The summed E-state index contributed by atoms with van der Waals surface area (Å²) in [5, 5.41) is 17.7. The molecule has 1 aromatic heterocycles. The van der Waals surface area contributed by atoms with Gasteiger partial charge in [0.15, 0.2) is 0 Å². The van der Waals surface area contributed by atoms with Gasteiger partial charge in [0.2, 0.25) is 0 Å². The summed E-state index contributed by atoms with van der Waals surface area (Å²) in [6.45, 7) is 1.85. The standard InChI is InChI=1S/C11H11FN4O/c1-8(9-2-4-10(12)5-3-9)15-11-13-6-7-14-16(11)17/h2-8H,1H3,(H,13,15)/t8-/m1/s1. The van der Waals surface area contributed by atoms with Crippen molar-refractivity contribution in [3.8, 4) is 0 Å². The number of halogens is 1. The molecule has 0 saturated carbocycles. The number of rotatable bonds is 3. The van der Waals surface area contributed by atoms with E-state index < -0.39 is 0 Å². The van der Waals surface area contributed by atoms with Crippen molar-refractivity contribution in [2.24, 2.45) is 0 Å². The number of anilines is 1. The lowest BCUT2D eigenvalue weighted by Crippen LogP contribution is -2.36. The zero-order valence-corrected chi connectivity index (χ0v) is 9.17. The summed E-state index contributed by atoms with van der Waals surface area (Å²) in [6.07, 6.45) is 2.73. The van der Waals surface area contributed by atoms with Crippen LogP contribution in [0.1, 0.15) is 18.5 Å². The Morgan fingerprint density at radius 3 is 2.65 bits per heavy atom. The van der Waals surface area contributed by atoms with E-state index in [1.165, 1.54) is 24.5 Å². The van der Waals surface area contributed by atoms with Gasteiger partial charge >= 0.3 is 5.95 Å². The van der Waals surface area contributed by atoms with Crippen molar-refractivity contribution in [1.29, 1.82) is 0 Å². The Kier molecular flexibility index (Phi) is 3.13. The van der Waals surface area contributed by atoms with E-state index in [9.17, 15) is 9.60 Å². The first-order valence-corrected chi connectivity index (χ1v) is 5.09. The molecule has 6 heteroatoms. The zero-order chi connectivity index (χ0) is 12.3. The highest BCUT2D eigenvalue weighted by Crippen LogP contribution is 2.15.